The highest BCUT2D eigenvalue weighted by atomic mass is 16.1. The first-order valence-electron chi connectivity index (χ1n) is 6.89. The molecule has 2 N–H and O–H groups in total. The summed E-state index contributed by atoms with van der Waals surface area (Å²) < 4.78 is 0. The highest BCUT2D eigenvalue weighted by Crippen LogP contribution is 2.18. The van der Waals surface area contributed by atoms with Crippen LogP contribution in [0, 0.1) is 0 Å². The zero-order valence-corrected chi connectivity index (χ0v) is 11.8. The monoisotopic (exact) mass is 259 g/mol. The van der Waals surface area contributed by atoms with E-state index in [0.717, 1.165) is 36.2 Å². The molecule has 1 aromatic heterocycles. The summed E-state index contributed by atoms with van der Waals surface area (Å²) in [6.07, 6.45) is 2.09. The second-order valence-corrected chi connectivity index (χ2v) is 5.12. The molecule has 0 aliphatic carbocycles. The number of fused-ring (bicyclic) bond motifs is 1. The van der Waals surface area contributed by atoms with E-state index in [0.29, 0.717) is 11.5 Å². The summed E-state index contributed by atoms with van der Waals surface area (Å²) in [7, 11) is 0. The van der Waals surface area contributed by atoms with Gasteiger partial charge in [0.2, 0.25) is 0 Å². The Kier molecular flexibility index (Phi) is 4.20. The SMILES string of the molecule is CCCCNC(=O)c1ccc2nc(C(C)C)[nH]c2c1. The molecule has 2 aromatic rings. The van der Waals surface area contributed by atoms with Gasteiger partial charge in [-0.05, 0) is 24.6 Å². The first-order valence-corrected chi connectivity index (χ1v) is 6.89. The molecule has 0 atom stereocenters. The molecule has 4 nitrogen and oxygen atoms in total. The van der Waals surface area contributed by atoms with Gasteiger partial charge in [-0.25, -0.2) is 4.98 Å². The smallest absolute Gasteiger partial charge is 0.251 e. The van der Waals surface area contributed by atoms with Gasteiger partial charge in [-0.2, -0.15) is 0 Å². The van der Waals surface area contributed by atoms with Gasteiger partial charge in [0.15, 0.2) is 0 Å². The summed E-state index contributed by atoms with van der Waals surface area (Å²) in [4.78, 5) is 19.7. The predicted octanol–water partition coefficient (Wildman–Crippen LogP) is 3.22. The summed E-state index contributed by atoms with van der Waals surface area (Å²) in [6.45, 7) is 7.02. The number of aromatic amines is 1. The fraction of sp³-hybridized carbons (Fsp3) is 0.467. The van der Waals surface area contributed by atoms with E-state index in [9.17, 15) is 4.79 Å². The number of imidazole rings is 1. The Morgan fingerprint density at radius 2 is 2.21 bits per heavy atom. The molecule has 1 amide bonds. The van der Waals surface area contributed by atoms with Crippen molar-refractivity contribution in [2.75, 3.05) is 6.54 Å². The molecule has 0 radical (unpaired) electrons. The Morgan fingerprint density at radius 3 is 2.89 bits per heavy atom. The molecule has 0 bridgehead atoms. The fourth-order valence-corrected chi connectivity index (χ4v) is 1.92. The first kappa shape index (κ1) is 13.6. The van der Waals surface area contributed by atoms with Crippen molar-refractivity contribution in [3.05, 3.63) is 29.6 Å². The number of carbonyl (C=O) groups excluding carboxylic acids is 1. The summed E-state index contributed by atoms with van der Waals surface area (Å²) in [6, 6.07) is 5.59. The molecule has 4 heteroatoms. The second-order valence-electron chi connectivity index (χ2n) is 5.12. The van der Waals surface area contributed by atoms with Crippen LogP contribution in [0.3, 0.4) is 0 Å². The zero-order chi connectivity index (χ0) is 13.8. The molecule has 1 heterocycles. The largest absolute Gasteiger partial charge is 0.352 e. The van der Waals surface area contributed by atoms with Gasteiger partial charge in [0, 0.05) is 18.0 Å². The maximum Gasteiger partial charge on any atom is 0.251 e. The molecule has 0 unspecified atom stereocenters. The van der Waals surface area contributed by atoms with Crippen LogP contribution in [0.4, 0.5) is 0 Å². The van der Waals surface area contributed by atoms with Gasteiger partial charge in [0.1, 0.15) is 5.82 Å². The van der Waals surface area contributed by atoms with E-state index in [1.165, 1.54) is 0 Å². The van der Waals surface area contributed by atoms with Crippen molar-refractivity contribution < 1.29 is 4.79 Å². The minimum absolute atomic E-state index is 0.0175. The third-order valence-corrected chi connectivity index (χ3v) is 3.13. The van der Waals surface area contributed by atoms with Crippen LogP contribution in [-0.2, 0) is 0 Å². The summed E-state index contributed by atoms with van der Waals surface area (Å²) in [5.74, 6) is 1.30. The zero-order valence-electron chi connectivity index (χ0n) is 11.8. The lowest BCUT2D eigenvalue weighted by molar-refractivity contribution is 0.0953. The molecule has 0 fully saturated rings. The predicted molar refractivity (Wildman–Crippen MR) is 77.4 cm³/mol. The molecule has 19 heavy (non-hydrogen) atoms. The molecule has 2 rings (SSSR count). The van der Waals surface area contributed by atoms with Crippen LogP contribution < -0.4 is 5.32 Å². The lowest BCUT2D eigenvalue weighted by atomic mass is 10.2. The maximum absolute atomic E-state index is 12.0. The normalized spacial score (nSPS) is 11.2. The van der Waals surface area contributed by atoms with Gasteiger partial charge in [0.05, 0.1) is 11.0 Å². The van der Waals surface area contributed by atoms with E-state index >= 15 is 0 Å². The number of H-pyrrole nitrogens is 1. The average Bonchev–Trinajstić information content (AvgIpc) is 2.81. The van der Waals surface area contributed by atoms with Gasteiger partial charge in [-0.15, -0.1) is 0 Å². The van der Waals surface area contributed by atoms with Crippen LogP contribution in [0.1, 0.15) is 55.7 Å². The number of nitrogens with zero attached hydrogens (tertiary/aromatic N) is 1. The van der Waals surface area contributed by atoms with E-state index in [1.54, 1.807) is 0 Å². The van der Waals surface area contributed by atoms with Crippen molar-refractivity contribution in [1.29, 1.82) is 0 Å². The average molecular weight is 259 g/mol. The van der Waals surface area contributed by atoms with Crippen molar-refractivity contribution >= 4 is 16.9 Å². The van der Waals surface area contributed by atoms with E-state index in [-0.39, 0.29) is 5.91 Å². The third kappa shape index (κ3) is 3.13. The van der Waals surface area contributed by atoms with Crippen LogP contribution in [0.25, 0.3) is 11.0 Å². The standard InChI is InChI=1S/C15H21N3O/c1-4-5-8-16-15(19)11-6-7-12-13(9-11)18-14(17-12)10(2)3/h6-7,9-10H,4-5,8H2,1-3H3,(H,16,19)(H,17,18). The number of amides is 1. The van der Waals surface area contributed by atoms with Crippen LogP contribution in [0.5, 0.6) is 0 Å². The summed E-state index contributed by atoms with van der Waals surface area (Å²) >= 11 is 0. The van der Waals surface area contributed by atoms with Gasteiger partial charge >= 0.3 is 0 Å². The molecular weight excluding hydrogens is 238 g/mol. The topological polar surface area (TPSA) is 57.8 Å². The Bertz CT molecular complexity index is 572. The van der Waals surface area contributed by atoms with Crippen molar-refractivity contribution in [3.63, 3.8) is 0 Å². The van der Waals surface area contributed by atoms with E-state index in [4.69, 9.17) is 0 Å². The van der Waals surface area contributed by atoms with Crippen LogP contribution in [-0.4, -0.2) is 22.4 Å². The number of benzene rings is 1. The van der Waals surface area contributed by atoms with Crippen LogP contribution >= 0.6 is 0 Å². The molecule has 0 aliphatic heterocycles. The Balaban J connectivity index is 2.18. The number of aromatic nitrogens is 2. The Morgan fingerprint density at radius 1 is 1.42 bits per heavy atom. The van der Waals surface area contributed by atoms with Crippen molar-refractivity contribution in [2.24, 2.45) is 0 Å². The molecule has 102 valence electrons. The first-order chi connectivity index (χ1) is 9.11. The van der Waals surface area contributed by atoms with Gasteiger partial charge in [0.25, 0.3) is 5.91 Å². The number of carbonyl (C=O) groups is 1. The second kappa shape index (κ2) is 5.87. The molecule has 0 aliphatic rings. The molecule has 0 spiro atoms. The number of hydrogen-bond acceptors (Lipinski definition) is 2. The lowest BCUT2D eigenvalue weighted by Crippen LogP contribution is -2.24. The van der Waals surface area contributed by atoms with Crippen molar-refractivity contribution in [1.82, 2.24) is 15.3 Å². The van der Waals surface area contributed by atoms with Crippen molar-refractivity contribution in [2.45, 2.75) is 39.5 Å². The number of rotatable bonds is 5. The Hall–Kier alpha value is -1.84. The van der Waals surface area contributed by atoms with Gasteiger partial charge < -0.3 is 10.3 Å². The van der Waals surface area contributed by atoms with Gasteiger partial charge in [-0.3, -0.25) is 4.79 Å². The highest BCUT2D eigenvalue weighted by molar-refractivity contribution is 5.97. The Labute approximate surface area is 113 Å². The number of hydrogen-bond donors (Lipinski definition) is 2. The highest BCUT2D eigenvalue weighted by Gasteiger charge is 2.10. The van der Waals surface area contributed by atoms with E-state index < -0.39 is 0 Å². The van der Waals surface area contributed by atoms with Gasteiger partial charge in [-0.1, -0.05) is 27.2 Å². The lowest BCUT2D eigenvalue weighted by Gasteiger charge is -2.03. The maximum atomic E-state index is 12.0. The van der Waals surface area contributed by atoms with Crippen molar-refractivity contribution in [3.8, 4) is 0 Å². The fourth-order valence-electron chi connectivity index (χ4n) is 1.92. The van der Waals surface area contributed by atoms with Crippen LogP contribution in [0.2, 0.25) is 0 Å². The van der Waals surface area contributed by atoms with E-state index in [1.807, 2.05) is 18.2 Å². The minimum Gasteiger partial charge on any atom is -0.352 e. The third-order valence-electron chi connectivity index (χ3n) is 3.13. The number of unbranched alkanes of at least 4 members (excludes halogenated alkanes) is 1. The van der Waals surface area contributed by atoms with E-state index in [2.05, 4.69) is 36.1 Å². The van der Waals surface area contributed by atoms with Crippen LogP contribution in [0.15, 0.2) is 18.2 Å². The quantitative estimate of drug-likeness (QED) is 0.810. The molecule has 0 saturated heterocycles. The minimum atomic E-state index is -0.0175. The number of nitrogens with one attached hydrogen (secondary N) is 2. The molecule has 0 saturated carbocycles. The molecular formula is C15H21N3O. The summed E-state index contributed by atoms with van der Waals surface area (Å²) in [5.41, 5.74) is 2.52. The molecule has 1 aromatic carbocycles. The summed E-state index contributed by atoms with van der Waals surface area (Å²) in [5, 5.41) is 2.92.